The molecule has 1 aromatic rings. The molecule has 0 radical (unpaired) electrons. The summed E-state index contributed by atoms with van der Waals surface area (Å²) in [5, 5.41) is 3.88. The highest BCUT2D eigenvalue weighted by Gasteiger charge is 2.22. The summed E-state index contributed by atoms with van der Waals surface area (Å²) in [5.41, 5.74) is 1.77. The number of hydrogen-bond acceptors (Lipinski definition) is 1. The Morgan fingerprint density at radius 2 is 1.41 bits per heavy atom. The summed E-state index contributed by atoms with van der Waals surface area (Å²) in [6, 6.07) is 10.8. The lowest BCUT2D eigenvalue weighted by atomic mass is 9.88. The monoisotopic (exact) mass is 303 g/mol. The van der Waals surface area contributed by atoms with Gasteiger partial charge in [0.25, 0.3) is 0 Å². The third-order valence-corrected chi connectivity index (χ3v) is 4.72. The third kappa shape index (κ3) is 8.58. The molecule has 1 aromatic carbocycles. The fourth-order valence-corrected chi connectivity index (χ4v) is 3.16. The van der Waals surface area contributed by atoms with E-state index >= 15 is 0 Å². The SMILES string of the molecule is CCCCCCC(C)(CCCCC)NCCc1ccccc1. The van der Waals surface area contributed by atoms with Crippen molar-refractivity contribution in [2.75, 3.05) is 6.54 Å². The van der Waals surface area contributed by atoms with Crippen LogP contribution >= 0.6 is 0 Å². The molecule has 22 heavy (non-hydrogen) atoms. The Morgan fingerprint density at radius 3 is 2.05 bits per heavy atom. The van der Waals surface area contributed by atoms with Gasteiger partial charge in [0.2, 0.25) is 0 Å². The van der Waals surface area contributed by atoms with Gasteiger partial charge in [-0.3, -0.25) is 0 Å². The van der Waals surface area contributed by atoms with Crippen LogP contribution in [0.2, 0.25) is 0 Å². The van der Waals surface area contributed by atoms with Gasteiger partial charge < -0.3 is 5.32 Å². The van der Waals surface area contributed by atoms with Crippen molar-refractivity contribution in [1.82, 2.24) is 5.32 Å². The molecule has 0 aliphatic rings. The van der Waals surface area contributed by atoms with Crippen LogP contribution in [0, 0.1) is 0 Å². The van der Waals surface area contributed by atoms with Crippen LogP contribution in [0.5, 0.6) is 0 Å². The first kappa shape index (κ1) is 19.2. The van der Waals surface area contributed by atoms with E-state index in [1.54, 1.807) is 0 Å². The van der Waals surface area contributed by atoms with Crippen LogP contribution < -0.4 is 5.32 Å². The average molecular weight is 304 g/mol. The lowest BCUT2D eigenvalue weighted by molar-refractivity contribution is 0.290. The van der Waals surface area contributed by atoms with E-state index < -0.39 is 0 Å². The van der Waals surface area contributed by atoms with Crippen LogP contribution in [-0.2, 0) is 6.42 Å². The minimum atomic E-state index is 0.331. The Morgan fingerprint density at radius 1 is 0.818 bits per heavy atom. The first-order valence-electron chi connectivity index (χ1n) is 9.49. The predicted molar refractivity (Wildman–Crippen MR) is 99.5 cm³/mol. The van der Waals surface area contributed by atoms with Crippen LogP contribution in [0.1, 0.15) is 84.1 Å². The molecule has 126 valence electrons. The third-order valence-electron chi connectivity index (χ3n) is 4.72. The van der Waals surface area contributed by atoms with Gasteiger partial charge in [-0.2, -0.15) is 0 Å². The van der Waals surface area contributed by atoms with E-state index in [2.05, 4.69) is 56.4 Å². The van der Waals surface area contributed by atoms with Crippen molar-refractivity contribution in [2.24, 2.45) is 0 Å². The maximum atomic E-state index is 3.88. The molecule has 0 amide bonds. The summed E-state index contributed by atoms with van der Waals surface area (Å²) in [5.74, 6) is 0. The van der Waals surface area contributed by atoms with Gasteiger partial charge in [-0.05, 0) is 38.3 Å². The number of unbranched alkanes of at least 4 members (excludes halogenated alkanes) is 5. The van der Waals surface area contributed by atoms with Crippen molar-refractivity contribution >= 4 is 0 Å². The molecule has 0 fully saturated rings. The Balaban J connectivity index is 2.38. The number of hydrogen-bond donors (Lipinski definition) is 1. The lowest BCUT2D eigenvalue weighted by Gasteiger charge is -2.31. The van der Waals surface area contributed by atoms with Gasteiger partial charge in [0.05, 0.1) is 0 Å². The van der Waals surface area contributed by atoms with E-state index in [9.17, 15) is 0 Å². The van der Waals surface area contributed by atoms with Crippen LogP contribution in [0.3, 0.4) is 0 Å². The van der Waals surface area contributed by atoms with Crippen molar-refractivity contribution in [3.63, 3.8) is 0 Å². The topological polar surface area (TPSA) is 12.0 Å². The van der Waals surface area contributed by atoms with Crippen LogP contribution in [-0.4, -0.2) is 12.1 Å². The van der Waals surface area contributed by atoms with Crippen LogP contribution in [0.4, 0.5) is 0 Å². The van der Waals surface area contributed by atoms with Gasteiger partial charge >= 0.3 is 0 Å². The predicted octanol–water partition coefficient (Wildman–Crippen LogP) is 6.13. The van der Waals surface area contributed by atoms with Gasteiger partial charge in [0.15, 0.2) is 0 Å². The molecule has 1 rings (SSSR count). The van der Waals surface area contributed by atoms with Gasteiger partial charge in [-0.15, -0.1) is 0 Å². The molecular weight excluding hydrogens is 266 g/mol. The van der Waals surface area contributed by atoms with Crippen molar-refractivity contribution in [3.8, 4) is 0 Å². The number of rotatable bonds is 13. The molecule has 0 saturated carbocycles. The van der Waals surface area contributed by atoms with Gasteiger partial charge in [-0.25, -0.2) is 0 Å². The molecule has 0 aliphatic carbocycles. The second kappa shape index (κ2) is 11.7. The van der Waals surface area contributed by atoms with Crippen molar-refractivity contribution < 1.29 is 0 Å². The highest BCUT2D eigenvalue weighted by atomic mass is 15.0. The first-order chi connectivity index (χ1) is 10.7. The molecule has 0 bridgehead atoms. The van der Waals surface area contributed by atoms with E-state index in [1.165, 1.54) is 63.4 Å². The largest absolute Gasteiger partial charge is 0.311 e. The molecule has 0 aromatic heterocycles. The number of nitrogens with one attached hydrogen (secondary N) is 1. The quantitative estimate of drug-likeness (QED) is 0.432. The molecule has 1 atom stereocenters. The lowest BCUT2D eigenvalue weighted by Crippen LogP contribution is -2.43. The summed E-state index contributed by atoms with van der Waals surface area (Å²) in [7, 11) is 0. The normalized spacial score (nSPS) is 14.0. The highest BCUT2D eigenvalue weighted by Crippen LogP contribution is 2.22. The second-order valence-electron chi connectivity index (χ2n) is 6.99. The zero-order valence-electron chi connectivity index (χ0n) is 15.2. The van der Waals surface area contributed by atoms with E-state index in [1.807, 2.05) is 0 Å². The summed E-state index contributed by atoms with van der Waals surface area (Å²) < 4.78 is 0. The van der Waals surface area contributed by atoms with E-state index in [4.69, 9.17) is 0 Å². The van der Waals surface area contributed by atoms with Crippen molar-refractivity contribution in [2.45, 2.75) is 90.5 Å². The van der Waals surface area contributed by atoms with Crippen LogP contribution in [0.25, 0.3) is 0 Å². The smallest absolute Gasteiger partial charge is 0.0153 e. The molecule has 1 N–H and O–H groups in total. The van der Waals surface area contributed by atoms with E-state index in [-0.39, 0.29) is 0 Å². The summed E-state index contributed by atoms with van der Waals surface area (Å²) in [6.07, 6.45) is 13.3. The molecule has 0 heterocycles. The van der Waals surface area contributed by atoms with E-state index in [0.717, 1.165) is 13.0 Å². The van der Waals surface area contributed by atoms with Crippen molar-refractivity contribution in [1.29, 1.82) is 0 Å². The highest BCUT2D eigenvalue weighted by molar-refractivity contribution is 5.14. The number of benzene rings is 1. The van der Waals surface area contributed by atoms with Gasteiger partial charge in [-0.1, -0.05) is 89.1 Å². The van der Waals surface area contributed by atoms with Crippen LogP contribution in [0.15, 0.2) is 30.3 Å². The average Bonchev–Trinajstić information content (AvgIpc) is 2.53. The minimum Gasteiger partial charge on any atom is -0.311 e. The zero-order chi connectivity index (χ0) is 16.1. The summed E-state index contributed by atoms with van der Waals surface area (Å²) in [4.78, 5) is 0. The maximum absolute atomic E-state index is 3.88. The fourth-order valence-electron chi connectivity index (χ4n) is 3.16. The molecule has 0 aliphatic heterocycles. The molecule has 1 unspecified atom stereocenters. The maximum Gasteiger partial charge on any atom is 0.0153 e. The minimum absolute atomic E-state index is 0.331. The molecule has 1 heteroatoms. The summed E-state index contributed by atoms with van der Waals surface area (Å²) >= 11 is 0. The molecule has 0 spiro atoms. The Kier molecular flexibility index (Phi) is 10.2. The van der Waals surface area contributed by atoms with Crippen molar-refractivity contribution in [3.05, 3.63) is 35.9 Å². The molecule has 1 nitrogen and oxygen atoms in total. The summed E-state index contributed by atoms with van der Waals surface area (Å²) in [6.45, 7) is 8.12. The Labute approximate surface area is 138 Å². The Hall–Kier alpha value is -0.820. The van der Waals surface area contributed by atoms with Gasteiger partial charge in [0.1, 0.15) is 0 Å². The second-order valence-corrected chi connectivity index (χ2v) is 6.99. The van der Waals surface area contributed by atoms with Gasteiger partial charge in [0, 0.05) is 5.54 Å². The first-order valence-corrected chi connectivity index (χ1v) is 9.49. The molecular formula is C21H37N. The fraction of sp³-hybridized carbons (Fsp3) is 0.714. The molecule has 0 saturated heterocycles. The Bertz CT molecular complexity index is 359. The zero-order valence-corrected chi connectivity index (χ0v) is 15.2. The van der Waals surface area contributed by atoms with E-state index in [0.29, 0.717) is 5.54 Å². The standard InChI is InChI=1S/C21H37N/c1-4-6-8-13-18-21(3,17-12-7-5-2)22-19-16-20-14-10-9-11-15-20/h9-11,14-15,22H,4-8,12-13,16-19H2,1-3H3.